The molecular formula is C13H11BrClNOS. The first kappa shape index (κ1) is 13.6. The van der Waals surface area contributed by atoms with Gasteiger partial charge in [-0.25, -0.2) is 0 Å². The Morgan fingerprint density at radius 1 is 1.39 bits per heavy atom. The van der Waals surface area contributed by atoms with Gasteiger partial charge in [-0.1, -0.05) is 12.1 Å². The van der Waals surface area contributed by atoms with Gasteiger partial charge >= 0.3 is 0 Å². The van der Waals surface area contributed by atoms with Gasteiger partial charge in [0, 0.05) is 26.2 Å². The van der Waals surface area contributed by atoms with E-state index in [2.05, 4.69) is 21.2 Å². The van der Waals surface area contributed by atoms with Gasteiger partial charge in [0.25, 0.3) is 5.91 Å². The molecule has 0 radical (unpaired) electrons. The zero-order valence-corrected chi connectivity index (χ0v) is 12.6. The number of halogens is 2. The van der Waals surface area contributed by atoms with Crippen LogP contribution in [-0.4, -0.2) is 5.91 Å². The van der Waals surface area contributed by atoms with Crippen LogP contribution in [-0.2, 0) is 12.4 Å². The minimum absolute atomic E-state index is 0.0773. The Labute approximate surface area is 123 Å². The fraction of sp³-hybridized carbons (Fsp3) is 0.154. The van der Waals surface area contributed by atoms with Crippen LogP contribution in [0.1, 0.15) is 20.8 Å². The number of carbonyl (C=O) groups excluding carboxylic acids is 1. The Morgan fingerprint density at radius 2 is 2.22 bits per heavy atom. The van der Waals surface area contributed by atoms with Gasteiger partial charge in [0.05, 0.1) is 6.54 Å². The molecule has 0 atom stereocenters. The summed E-state index contributed by atoms with van der Waals surface area (Å²) in [6, 6.07) is 9.34. The van der Waals surface area contributed by atoms with E-state index in [-0.39, 0.29) is 5.91 Å². The van der Waals surface area contributed by atoms with Gasteiger partial charge < -0.3 is 5.32 Å². The Morgan fingerprint density at radius 3 is 2.89 bits per heavy atom. The van der Waals surface area contributed by atoms with Crippen molar-refractivity contribution < 1.29 is 4.79 Å². The first-order chi connectivity index (χ1) is 8.69. The van der Waals surface area contributed by atoms with Crippen molar-refractivity contribution in [3.05, 3.63) is 56.2 Å². The Kier molecular flexibility index (Phi) is 4.80. The molecule has 0 aliphatic rings. The zero-order valence-electron chi connectivity index (χ0n) is 9.45. The number of alkyl halides is 1. The molecule has 1 aromatic carbocycles. The number of carbonyl (C=O) groups is 1. The molecule has 1 N–H and O–H groups in total. The number of benzene rings is 1. The number of nitrogens with one attached hydrogen (secondary N) is 1. The summed E-state index contributed by atoms with van der Waals surface area (Å²) in [7, 11) is 0. The van der Waals surface area contributed by atoms with Crippen molar-refractivity contribution in [3.63, 3.8) is 0 Å². The van der Waals surface area contributed by atoms with Crippen LogP contribution in [0.3, 0.4) is 0 Å². The summed E-state index contributed by atoms with van der Waals surface area (Å²) in [5.74, 6) is 0.338. The normalized spacial score (nSPS) is 10.3. The largest absolute Gasteiger partial charge is 0.347 e. The molecule has 2 nitrogen and oxygen atoms in total. The zero-order chi connectivity index (χ0) is 13.0. The summed E-state index contributed by atoms with van der Waals surface area (Å²) in [5.41, 5.74) is 1.59. The molecule has 1 amide bonds. The standard InChI is InChI=1S/C13H11BrClNOS/c14-11-5-12(18-8-11)7-16-13(17)10-3-1-2-9(4-10)6-15/h1-5,8H,6-7H2,(H,16,17). The van der Waals surface area contributed by atoms with Crippen LogP contribution in [0.2, 0.25) is 0 Å². The molecule has 0 saturated heterocycles. The quantitative estimate of drug-likeness (QED) is 0.828. The van der Waals surface area contributed by atoms with Crippen LogP contribution in [0.4, 0.5) is 0 Å². The number of rotatable bonds is 4. The average Bonchev–Trinajstić information content (AvgIpc) is 2.82. The van der Waals surface area contributed by atoms with Gasteiger partial charge in [0.1, 0.15) is 0 Å². The first-order valence-corrected chi connectivity index (χ1v) is 7.56. The molecule has 18 heavy (non-hydrogen) atoms. The molecule has 94 valence electrons. The Bertz CT molecular complexity index is 555. The lowest BCUT2D eigenvalue weighted by molar-refractivity contribution is 0.0951. The third kappa shape index (κ3) is 3.57. The van der Waals surface area contributed by atoms with E-state index >= 15 is 0 Å². The van der Waals surface area contributed by atoms with Crippen LogP contribution in [0.15, 0.2) is 40.2 Å². The maximum absolute atomic E-state index is 11.9. The van der Waals surface area contributed by atoms with Gasteiger partial charge in [-0.05, 0) is 39.7 Å². The highest BCUT2D eigenvalue weighted by atomic mass is 79.9. The van der Waals surface area contributed by atoms with E-state index in [9.17, 15) is 4.79 Å². The van der Waals surface area contributed by atoms with Gasteiger partial charge in [-0.2, -0.15) is 0 Å². The molecule has 0 saturated carbocycles. The van der Waals surface area contributed by atoms with Crippen LogP contribution in [0.5, 0.6) is 0 Å². The van der Waals surface area contributed by atoms with Gasteiger partial charge in [-0.15, -0.1) is 22.9 Å². The maximum Gasteiger partial charge on any atom is 0.251 e. The second-order valence-corrected chi connectivity index (χ2v) is 5.93. The van der Waals surface area contributed by atoms with E-state index in [1.54, 1.807) is 17.4 Å². The molecule has 0 fully saturated rings. The SMILES string of the molecule is O=C(NCc1cc(Br)cs1)c1cccc(CCl)c1. The third-order valence-corrected chi connectivity index (χ3v) is 4.39. The van der Waals surface area contributed by atoms with Crippen LogP contribution < -0.4 is 5.32 Å². The molecule has 0 spiro atoms. The van der Waals surface area contributed by atoms with Crippen molar-refractivity contribution in [2.45, 2.75) is 12.4 Å². The predicted molar refractivity (Wildman–Crippen MR) is 79.2 cm³/mol. The van der Waals surface area contributed by atoms with E-state index in [0.29, 0.717) is 18.0 Å². The second-order valence-electron chi connectivity index (χ2n) is 3.75. The van der Waals surface area contributed by atoms with Crippen molar-refractivity contribution in [2.24, 2.45) is 0 Å². The van der Waals surface area contributed by atoms with Crippen molar-refractivity contribution in [1.29, 1.82) is 0 Å². The fourth-order valence-corrected chi connectivity index (χ4v) is 3.07. The first-order valence-electron chi connectivity index (χ1n) is 5.35. The summed E-state index contributed by atoms with van der Waals surface area (Å²) in [4.78, 5) is 13.0. The lowest BCUT2D eigenvalue weighted by atomic mass is 10.1. The third-order valence-electron chi connectivity index (χ3n) is 2.39. The second kappa shape index (κ2) is 6.36. The molecular weight excluding hydrogens is 334 g/mol. The average molecular weight is 345 g/mol. The monoisotopic (exact) mass is 343 g/mol. The van der Waals surface area contributed by atoms with E-state index in [1.165, 1.54) is 0 Å². The number of amides is 1. The van der Waals surface area contributed by atoms with Crippen LogP contribution >= 0.6 is 38.9 Å². The number of hydrogen-bond acceptors (Lipinski definition) is 2. The lowest BCUT2D eigenvalue weighted by Gasteiger charge is -2.04. The highest BCUT2D eigenvalue weighted by molar-refractivity contribution is 9.10. The van der Waals surface area contributed by atoms with Gasteiger partial charge in [0.2, 0.25) is 0 Å². The smallest absolute Gasteiger partial charge is 0.251 e. The minimum atomic E-state index is -0.0773. The van der Waals surface area contributed by atoms with Crippen molar-refractivity contribution >= 4 is 44.8 Å². The van der Waals surface area contributed by atoms with Crippen molar-refractivity contribution in [3.8, 4) is 0 Å². The topological polar surface area (TPSA) is 29.1 Å². The number of hydrogen-bond donors (Lipinski definition) is 1. The van der Waals surface area contributed by atoms with E-state index in [4.69, 9.17) is 11.6 Å². The lowest BCUT2D eigenvalue weighted by Crippen LogP contribution is -2.22. The fourth-order valence-electron chi connectivity index (χ4n) is 1.51. The summed E-state index contributed by atoms with van der Waals surface area (Å²) < 4.78 is 1.04. The Balaban J connectivity index is 1.99. The Hall–Kier alpha value is -0.840. The van der Waals surface area contributed by atoms with Crippen LogP contribution in [0, 0.1) is 0 Å². The van der Waals surface area contributed by atoms with Crippen molar-refractivity contribution in [2.75, 3.05) is 0 Å². The van der Waals surface area contributed by atoms with E-state index < -0.39 is 0 Å². The van der Waals surface area contributed by atoms with Crippen molar-refractivity contribution in [1.82, 2.24) is 5.32 Å². The van der Waals surface area contributed by atoms with Gasteiger partial charge in [-0.3, -0.25) is 4.79 Å². The molecule has 0 aliphatic heterocycles. The molecule has 0 aliphatic carbocycles. The summed E-state index contributed by atoms with van der Waals surface area (Å²) in [6.07, 6.45) is 0. The van der Waals surface area contributed by atoms with E-state index in [0.717, 1.165) is 14.9 Å². The highest BCUT2D eigenvalue weighted by Crippen LogP contribution is 2.19. The molecule has 2 aromatic rings. The molecule has 0 unspecified atom stereocenters. The predicted octanol–water partition coefficient (Wildman–Crippen LogP) is 4.18. The molecule has 1 heterocycles. The minimum Gasteiger partial charge on any atom is -0.347 e. The highest BCUT2D eigenvalue weighted by Gasteiger charge is 2.06. The number of thiophene rings is 1. The maximum atomic E-state index is 11.9. The molecule has 2 rings (SSSR count). The molecule has 1 aromatic heterocycles. The molecule has 5 heteroatoms. The summed E-state index contributed by atoms with van der Waals surface area (Å²) in [6.45, 7) is 0.542. The molecule has 0 bridgehead atoms. The van der Waals surface area contributed by atoms with E-state index in [1.807, 2.05) is 29.6 Å². The summed E-state index contributed by atoms with van der Waals surface area (Å²) >= 11 is 10.7. The van der Waals surface area contributed by atoms with Gasteiger partial charge in [0.15, 0.2) is 0 Å². The van der Waals surface area contributed by atoms with Crippen LogP contribution in [0.25, 0.3) is 0 Å². The summed E-state index contributed by atoms with van der Waals surface area (Å²) in [5, 5.41) is 4.88.